The van der Waals surface area contributed by atoms with Gasteiger partial charge in [0.1, 0.15) is 11.9 Å². The van der Waals surface area contributed by atoms with Gasteiger partial charge in [-0.05, 0) is 34.0 Å². The molecule has 1 unspecified atom stereocenters. The Bertz CT molecular complexity index is 1110. The molecule has 0 aliphatic heterocycles. The standard InChI is InChI=1S/C24H24FN3O4/c25-18-10-8-15(9-11-18)12-21(28-23(31)20(26)13-22(29)30)24(32)27-14-17-6-3-5-16-4-1-2-7-19(16)17/h1-11,20-21H,12-14,26H2,(H,27,32)(H,28,31)(H,29,30)/t20?,21-/m0/s1. The first-order chi connectivity index (χ1) is 15.3. The summed E-state index contributed by atoms with van der Waals surface area (Å²) in [5.41, 5.74) is 7.17. The summed E-state index contributed by atoms with van der Waals surface area (Å²) in [5.74, 6) is -2.85. The number of carbonyl (C=O) groups is 3. The summed E-state index contributed by atoms with van der Waals surface area (Å²) >= 11 is 0. The summed E-state index contributed by atoms with van der Waals surface area (Å²) in [6.07, 6.45) is -0.472. The first kappa shape index (κ1) is 22.9. The Balaban J connectivity index is 1.74. The van der Waals surface area contributed by atoms with E-state index < -0.39 is 42.1 Å². The second-order valence-electron chi connectivity index (χ2n) is 7.45. The van der Waals surface area contributed by atoms with Crippen molar-refractivity contribution in [1.29, 1.82) is 0 Å². The lowest BCUT2D eigenvalue weighted by atomic mass is 10.0. The molecule has 7 nitrogen and oxygen atoms in total. The lowest BCUT2D eigenvalue weighted by molar-refractivity contribution is -0.139. The maximum Gasteiger partial charge on any atom is 0.305 e. The lowest BCUT2D eigenvalue weighted by Gasteiger charge is -2.21. The van der Waals surface area contributed by atoms with E-state index in [1.54, 1.807) is 0 Å². The molecular weight excluding hydrogens is 413 g/mol. The molecule has 0 spiro atoms. The fourth-order valence-corrected chi connectivity index (χ4v) is 3.38. The fourth-order valence-electron chi connectivity index (χ4n) is 3.38. The van der Waals surface area contributed by atoms with Crippen LogP contribution in [0.5, 0.6) is 0 Å². The molecule has 0 heterocycles. The van der Waals surface area contributed by atoms with Gasteiger partial charge in [0, 0.05) is 13.0 Å². The topological polar surface area (TPSA) is 122 Å². The molecule has 2 amide bonds. The molecule has 0 fully saturated rings. The van der Waals surface area contributed by atoms with Gasteiger partial charge in [-0.15, -0.1) is 0 Å². The number of hydrogen-bond acceptors (Lipinski definition) is 4. The molecule has 0 radical (unpaired) electrons. The number of carbonyl (C=O) groups excluding carboxylic acids is 2. The molecule has 0 saturated carbocycles. The molecule has 32 heavy (non-hydrogen) atoms. The number of rotatable bonds is 9. The van der Waals surface area contributed by atoms with E-state index in [2.05, 4.69) is 10.6 Å². The van der Waals surface area contributed by atoms with Crippen molar-refractivity contribution < 1.29 is 23.9 Å². The smallest absolute Gasteiger partial charge is 0.305 e. The monoisotopic (exact) mass is 437 g/mol. The Morgan fingerprint density at radius 2 is 1.62 bits per heavy atom. The highest BCUT2D eigenvalue weighted by Gasteiger charge is 2.25. The van der Waals surface area contributed by atoms with E-state index in [1.807, 2.05) is 42.5 Å². The van der Waals surface area contributed by atoms with Crippen LogP contribution in [0.1, 0.15) is 17.5 Å². The van der Waals surface area contributed by atoms with Gasteiger partial charge in [-0.2, -0.15) is 0 Å². The number of aliphatic carboxylic acids is 1. The van der Waals surface area contributed by atoms with Gasteiger partial charge in [-0.1, -0.05) is 54.6 Å². The number of fused-ring (bicyclic) bond motifs is 1. The van der Waals surface area contributed by atoms with Gasteiger partial charge in [0.05, 0.1) is 12.5 Å². The van der Waals surface area contributed by atoms with Crippen LogP contribution in [0.4, 0.5) is 4.39 Å². The third kappa shape index (κ3) is 6.12. The van der Waals surface area contributed by atoms with Crippen molar-refractivity contribution in [3.63, 3.8) is 0 Å². The van der Waals surface area contributed by atoms with Crippen molar-refractivity contribution in [2.24, 2.45) is 5.73 Å². The van der Waals surface area contributed by atoms with Crippen molar-refractivity contribution in [1.82, 2.24) is 10.6 Å². The number of hydrogen-bond donors (Lipinski definition) is 4. The maximum absolute atomic E-state index is 13.2. The van der Waals surface area contributed by atoms with Crippen LogP contribution in [0.3, 0.4) is 0 Å². The third-order valence-corrected chi connectivity index (χ3v) is 5.05. The highest BCUT2D eigenvalue weighted by Crippen LogP contribution is 2.18. The summed E-state index contributed by atoms with van der Waals surface area (Å²) in [5, 5.41) is 16.2. The molecule has 0 aliphatic rings. The molecule has 0 bridgehead atoms. The summed E-state index contributed by atoms with van der Waals surface area (Å²) in [4.78, 5) is 36.1. The van der Waals surface area contributed by atoms with Gasteiger partial charge < -0.3 is 21.5 Å². The quantitative estimate of drug-likeness (QED) is 0.409. The second kappa shape index (κ2) is 10.5. The maximum atomic E-state index is 13.2. The van der Waals surface area contributed by atoms with Gasteiger partial charge in [0.25, 0.3) is 0 Å². The van der Waals surface area contributed by atoms with Gasteiger partial charge in [-0.3, -0.25) is 14.4 Å². The van der Waals surface area contributed by atoms with Crippen LogP contribution < -0.4 is 16.4 Å². The van der Waals surface area contributed by atoms with Crippen LogP contribution in [-0.4, -0.2) is 35.0 Å². The molecule has 0 aliphatic carbocycles. The third-order valence-electron chi connectivity index (χ3n) is 5.05. The summed E-state index contributed by atoms with van der Waals surface area (Å²) < 4.78 is 13.2. The molecular formula is C24H24FN3O4. The Morgan fingerprint density at radius 3 is 2.34 bits per heavy atom. The zero-order chi connectivity index (χ0) is 23.1. The van der Waals surface area contributed by atoms with Crippen molar-refractivity contribution in [2.45, 2.75) is 31.5 Å². The van der Waals surface area contributed by atoms with Crippen molar-refractivity contribution >= 4 is 28.6 Å². The van der Waals surface area contributed by atoms with Gasteiger partial charge in [-0.25, -0.2) is 4.39 Å². The highest BCUT2D eigenvalue weighted by molar-refractivity contribution is 5.92. The molecule has 0 aromatic heterocycles. The number of carboxylic acid groups (broad SMARTS) is 1. The SMILES string of the molecule is NC(CC(=O)O)C(=O)N[C@@H](Cc1ccc(F)cc1)C(=O)NCc1cccc2ccccc12. The van der Waals surface area contributed by atoms with E-state index in [9.17, 15) is 18.8 Å². The minimum atomic E-state index is -1.30. The van der Waals surface area contributed by atoms with Crippen LogP contribution in [0.25, 0.3) is 10.8 Å². The minimum Gasteiger partial charge on any atom is -0.481 e. The van der Waals surface area contributed by atoms with Crippen LogP contribution in [0.2, 0.25) is 0 Å². The minimum absolute atomic E-state index is 0.0905. The molecule has 8 heteroatoms. The van der Waals surface area contributed by atoms with E-state index in [0.717, 1.165) is 16.3 Å². The van der Waals surface area contributed by atoms with Crippen molar-refractivity contribution in [3.8, 4) is 0 Å². The molecule has 5 N–H and O–H groups in total. The summed E-state index contributed by atoms with van der Waals surface area (Å²) in [6, 6.07) is 16.8. The molecule has 0 saturated heterocycles. The summed E-state index contributed by atoms with van der Waals surface area (Å²) in [6.45, 7) is 0.233. The largest absolute Gasteiger partial charge is 0.481 e. The average molecular weight is 437 g/mol. The van der Waals surface area contributed by atoms with Gasteiger partial charge in [0.15, 0.2) is 0 Å². The van der Waals surface area contributed by atoms with Crippen LogP contribution in [0, 0.1) is 5.82 Å². The normalized spacial score (nSPS) is 12.7. The van der Waals surface area contributed by atoms with Crippen LogP contribution in [0.15, 0.2) is 66.7 Å². The fraction of sp³-hybridized carbons (Fsp3) is 0.208. The predicted octanol–water partition coefficient (Wildman–Crippen LogP) is 2.12. The van der Waals surface area contributed by atoms with Crippen LogP contribution >= 0.6 is 0 Å². The zero-order valence-corrected chi connectivity index (χ0v) is 17.3. The Hall–Kier alpha value is -3.78. The number of halogens is 1. The first-order valence-corrected chi connectivity index (χ1v) is 10.1. The predicted molar refractivity (Wildman–Crippen MR) is 118 cm³/mol. The Morgan fingerprint density at radius 1 is 0.938 bits per heavy atom. The second-order valence-corrected chi connectivity index (χ2v) is 7.45. The van der Waals surface area contributed by atoms with E-state index >= 15 is 0 Å². The average Bonchev–Trinajstić information content (AvgIpc) is 2.77. The zero-order valence-electron chi connectivity index (χ0n) is 17.3. The molecule has 166 valence electrons. The number of benzene rings is 3. The van der Waals surface area contributed by atoms with E-state index in [1.165, 1.54) is 24.3 Å². The number of nitrogens with two attached hydrogens (primary N) is 1. The van der Waals surface area contributed by atoms with Gasteiger partial charge >= 0.3 is 5.97 Å². The lowest BCUT2D eigenvalue weighted by Crippen LogP contribution is -2.52. The van der Waals surface area contributed by atoms with E-state index in [-0.39, 0.29) is 13.0 Å². The molecule has 2 atom stereocenters. The molecule has 3 aromatic carbocycles. The molecule has 3 aromatic rings. The van der Waals surface area contributed by atoms with E-state index in [0.29, 0.717) is 5.56 Å². The van der Waals surface area contributed by atoms with Crippen LogP contribution in [-0.2, 0) is 27.3 Å². The first-order valence-electron chi connectivity index (χ1n) is 10.1. The highest BCUT2D eigenvalue weighted by atomic mass is 19.1. The van der Waals surface area contributed by atoms with E-state index in [4.69, 9.17) is 10.8 Å². The summed E-state index contributed by atoms with van der Waals surface area (Å²) in [7, 11) is 0. The van der Waals surface area contributed by atoms with Crippen molar-refractivity contribution in [3.05, 3.63) is 83.7 Å². The van der Waals surface area contributed by atoms with Crippen molar-refractivity contribution in [2.75, 3.05) is 0 Å². The number of carboxylic acids is 1. The number of amides is 2. The van der Waals surface area contributed by atoms with Gasteiger partial charge in [0.2, 0.25) is 11.8 Å². The molecule has 3 rings (SSSR count). The Labute approximate surface area is 184 Å². The number of nitrogens with one attached hydrogen (secondary N) is 2. The Kier molecular flexibility index (Phi) is 7.51.